The number of allylic oxidation sites excluding steroid dienone is 1. The van der Waals surface area contributed by atoms with Crippen LogP contribution in [0, 0.1) is 11.8 Å². The molecule has 0 heterocycles. The van der Waals surface area contributed by atoms with Crippen molar-refractivity contribution in [3.8, 4) is 11.5 Å². The molecule has 2 heteroatoms. The van der Waals surface area contributed by atoms with Gasteiger partial charge in [0.2, 0.25) is 0 Å². The van der Waals surface area contributed by atoms with Crippen LogP contribution in [-0.2, 0) is 0 Å². The fraction of sp³-hybridized carbons (Fsp3) is 0.333. The van der Waals surface area contributed by atoms with Crippen LogP contribution in [-0.4, -0.2) is 10.2 Å². The number of phenols is 2. The van der Waals surface area contributed by atoms with Gasteiger partial charge in [0.05, 0.1) is 0 Å². The lowest BCUT2D eigenvalue weighted by molar-refractivity contribution is 0.267. The maximum absolute atomic E-state index is 10.7. The Hall–Kier alpha value is -2.48. The van der Waals surface area contributed by atoms with Gasteiger partial charge in [-0.2, -0.15) is 0 Å². The lowest BCUT2D eigenvalue weighted by atomic mass is 9.69. The highest BCUT2D eigenvalue weighted by Gasteiger charge is 2.33. The van der Waals surface area contributed by atoms with E-state index in [0.717, 1.165) is 29.5 Å². The number of rotatable bonds is 4. The van der Waals surface area contributed by atoms with E-state index in [9.17, 15) is 10.2 Å². The molecule has 1 aliphatic carbocycles. The first kappa shape index (κ1) is 18.3. The van der Waals surface area contributed by atoms with Gasteiger partial charge in [-0.25, -0.2) is 0 Å². The van der Waals surface area contributed by atoms with E-state index in [1.165, 1.54) is 6.42 Å². The summed E-state index contributed by atoms with van der Waals surface area (Å²) in [4.78, 5) is 0. The van der Waals surface area contributed by atoms with E-state index in [1.54, 1.807) is 12.1 Å². The quantitative estimate of drug-likeness (QED) is 0.498. The highest BCUT2D eigenvalue weighted by atomic mass is 16.3. The molecular formula is C24H28O2. The Labute approximate surface area is 156 Å². The molecule has 1 fully saturated rings. The molecule has 0 amide bonds. The summed E-state index contributed by atoms with van der Waals surface area (Å²) >= 11 is 0. The van der Waals surface area contributed by atoms with Gasteiger partial charge >= 0.3 is 0 Å². The molecule has 0 saturated heterocycles. The Morgan fingerprint density at radius 2 is 1.62 bits per heavy atom. The van der Waals surface area contributed by atoms with Crippen molar-refractivity contribution in [2.75, 3.05) is 0 Å². The Balaban J connectivity index is 1.91. The van der Waals surface area contributed by atoms with Crippen LogP contribution < -0.4 is 0 Å². The van der Waals surface area contributed by atoms with Crippen LogP contribution in [0.1, 0.15) is 55.7 Å². The van der Waals surface area contributed by atoms with Gasteiger partial charge in [0.1, 0.15) is 11.5 Å². The molecule has 1 aliphatic rings. The SMILES string of the molecule is C=C(C)[C@H]1CC[C@H](C)C[C@@H]1c1c(O)cc(/C=C/c2ccccc2)cc1O. The molecule has 2 aromatic carbocycles. The van der Waals surface area contributed by atoms with Gasteiger partial charge in [-0.1, -0.05) is 68.0 Å². The largest absolute Gasteiger partial charge is 0.507 e. The summed E-state index contributed by atoms with van der Waals surface area (Å²) in [6, 6.07) is 13.5. The molecule has 136 valence electrons. The van der Waals surface area contributed by atoms with Gasteiger partial charge in [-0.05, 0) is 60.8 Å². The molecule has 2 nitrogen and oxygen atoms in total. The highest BCUT2D eigenvalue weighted by Crippen LogP contribution is 2.49. The topological polar surface area (TPSA) is 40.5 Å². The van der Waals surface area contributed by atoms with Gasteiger partial charge in [0.15, 0.2) is 0 Å². The monoisotopic (exact) mass is 348 g/mol. The van der Waals surface area contributed by atoms with E-state index in [2.05, 4.69) is 20.4 Å². The zero-order chi connectivity index (χ0) is 18.7. The Kier molecular flexibility index (Phi) is 5.51. The minimum absolute atomic E-state index is 0.128. The average molecular weight is 348 g/mol. The first-order chi connectivity index (χ1) is 12.5. The molecule has 1 saturated carbocycles. The molecule has 2 N–H and O–H groups in total. The molecule has 26 heavy (non-hydrogen) atoms. The Morgan fingerprint density at radius 3 is 2.23 bits per heavy atom. The summed E-state index contributed by atoms with van der Waals surface area (Å²) in [6.45, 7) is 8.44. The standard InChI is InChI=1S/C24H28O2/c1-16(2)20-12-9-17(3)13-21(20)24-22(25)14-19(15-23(24)26)11-10-18-7-5-4-6-8-18/h4-8,10-11,14-15,17,20-21,25-26H,1,9,12-13H2,2-3H3/b11-10+/t17-,20+,21-/m0/s1. The van der Waals surface area contributed by atoms with Crippen LogP contribution in [0.2, 0.25) is 0 Å². The first-order valence-electron chi connectivity index (χ1n) is 9.40. The molecule has 0 bridgehead atoms. The summed E-state index contributed by atoms with van der Waals surface area (Å²) in [5, 5.41) is 21.4. The number of aromatic hydroxyl groups is 2. The second kappa shape index (κ2) is 7.82. The van der Waals surface area contributed by atoms with Crippen LogP contribution in [0.3, 0.4) is 0 Å². The van der Waals surface area contributed by atoms with Crippen LogP contribution in [0.4, 0.5) is 0 Å². The van der Waals surface area contributed by atoms with Gasteiger partial charge in [0, 0.05) is 5.56 Å². The fourth-order valence-corrected chi connectivity index (χ4v) is 4.17. The van der Waals surface area contributed by atoms with Crippen molar-refractivity contribution in [1.29, 1.82) is 0 Å². The van der Waals surface area contributed by atoms with E-state index in [4.69, 9.17) is 0 Å². The lowest BCUT2D eigenvalue weighted by Crippen LogP contribution is -2.23. The predicted molar refractivity (Wildman–Crippen MR) is 109 cm³/mol. The summed E-state index contributed by atoms with van der Waals surface area (Å²) in [5.41, 5.74) is 3.69. The van der Waals surface area contributed by atoms with Crippen molar-refractivity contribution in [2.45, 2.75) is 39.0 Å². The van der Waals surface area contributed by atoms with Crippen molar-refractivity contribution in [2.24, 2.45) is 11.8 Å². The molecule has 3 atom stereocenters. The average Bonchev–Trinajstić information content (AvgIpc) is 2.60. The van der Waals surface area contributed by atoms with Crippen LogP contribution in [0.5, 0.6) is 11.5 Å². The predicted octanol–water partition coefficient (Wildman–Crippen LogP) is 6.36. The molecule has 0 unspecified atom stereocenters. The minimum atomic E-state index is 0.128. The van der Waals surface area contributed by atoms with Crippen LogP contribution in [0.25, 0.3) is 12.2 Å². The van der Waals surface area contributed by atoms with Gasteiger partial charge in [0.25, 0.3) is 0 Å². The van der Waals surface area contributed by atoms with Crippen molar-refractivity contribution in [3.63, 3.8) is 0 Å². The van der Waals surface area contributed by atoms with E-state index < -0.39 is 0 Å². The zero-order valence-corrected chi connectivity index (χ0v) is 15.7. The van der Waals surface area contributed by atoms with E-state index in [-0.39, 0.29) is 17.4 Å². The van der Waals surface area contributed by atoms with Crippen molar-refractivity contribution < 1.29 is 10.2 Å². The number of hydrogen-bond acceptors (Lipinski definition) is 2. The summed E-state index contributed by atoms with van der Waals surface area (Å²) in [7, 11) is 0. The fourth-order valence-electron chi connectivity index (χ4n) is 4.17. The summed E-state index contributed by atoms with van der Waals surface area (Å²) in [5.74, 6) is 1.40. The maximum atomic E-state index is 10.7. The Morgan fingerprint density at radius 1 is 1.00 bits per heavy atom. The number of benzene rings is 2. The third-order valence-electron chi connectivity index (χ3n) is 5.54. The summed E-state index contributed by atoms with van der Waals surface area (Å²) < 4.78 is 0. The second-order valence-electron chi connectivity index (χ2n) is 7.69. The molecule has 3 rings (SSSR count). The number of hydrogen-bond donors (Lipinski definition) is 2. The van der Waals surface area contributed by atoms with Gasteiger partial charge in [-0.15, -0.1) is 0 Å². The van der Waals surface area contributed by atoms with Crippen LogP contribution in [0.15, 0.2) is 54.6 Å². The normalized spacial score (nSPS) is 23.2. The minimum Gasteiger partial charge on any atom is -0.507 e. The smallest absolute Gasteiger partial charge is 0.123 e. The molecule has 0 aromatic heterocycles. The molecular weight excluding hydrogens is 320 g/mol. The molecule has 0 radical (unpaired) electrons. The third-order valence-corrected chi connectivity index (χ3v) is 5.54. The summed E-state index contributed by atoms with van der Waals surface area (Å²) in [6.07, 6.45) is 7.10. The van der Waals surface area contributed by atoms with E-state index in [0.29, 0.717) is 17.4 Å². The molecule has 0 spiro atoms. The van der Waals surface area contributed by atoms with E-state index in [1.807, 2.05) is 42.5 Å². The van der Waals surface area contributed by atoms with Gasteiger partial charge < -0.3 is 10.2 Å². The maximum Gasteiger partial charge on any atom is 0.123 e. The lowest BCUT2D eigenvalue weighted by Gasteiger charge is -2.36. The molecule has 2 aromatic rings. The van der Waals surface area contributed by atoms with Crippen molar-refractivity contribution >= 4 is 12.2 Å². The van der Waals surface area contributed by atoms with E-state index >= 15 is 0 Å². The zero-order valence-electron chi connectivity index (χ0n) is 15.7. The number of phenolic OH excluding ortho intramolecular Hbond substituents is 2. The third kappa shape index (κ3) is 4.01. The van der Waals surface area contributed by atoms with Gasteiger partial charge in [-0.3, -0.25) is 0 Å². The van der Waals surface area contributed by atoms with Crippen molar-refractivity contribution in [1.82, 2.24) is 0 Å². The molecule has 0 aliphatic heterocycles. The Bertz CT molecular complexity index is 781. The highest BCUT2D eigenvalue weighted by molar-refractivity contribution is 5.71. The van der Waals surface area contributed by atoms with Crippen molar-refractivity contribution in [3.05, 3.63) is 71.3 Å². The second-order valence-corrected chi connectivity index (χ2v) is 7.69. The first-order valence-corrected chi connectivity index (χ1v) is 9.40. The van der Waals surface area contributed by atoms with Crippen LogP contribution >= 0.6 is 0 Å².